The Morgan fingerprint density at radius 2 is 2.38 bits per heavy atom. The average molecular weight is 245 g/mol. The molecule has 5 nitrogen and oxygen atoms in total. The van der Waals surface area contributed by atoms with Crippen LogP contribution < -0.4 is 16.2 Å². The van der Waals surface area contributed by atoms with E-state index in [1.54, 1.807) is 0 Å². The van der Waals surface area contributed by atoms with Gasteiger partial charge in [-0.05, 0) is 19.4 Å². The van der Waals surface area contributed by atoms with E-state index in [4.69, 9.17) is 17.3 Å². The summed E-state index contributed by atoms with van der Waals surface area (Å²) in [5.41, 5.74) is 5.26. The lowest BCUT2D eigenvalue weighted by molar-refractivity contribution is 0.572. The van der Waals surface area contributed by atoms with Crippen LogP contribution in [0.2, 0.25) is 5.02 Å². The molecule has 1 aromatic rings. The minimum Gasteiger partial charge on any atom is -0.355 e. The largest absolute Gasteiger partial charge is 0.355 e. The van der Waals surface area contributed by atoms with Gasteiger partial charge in [-0.2, -0.15) is 0 Å². The van der Waals surface area contributed by atoms with Crippen LogP contribution in [0, 0.1) is 5.92 Å². The highest BCUT2D eigenvalue weighted by Gasteiger charge is 2.14. The van der Waals surface area contributed by atoms with Gasteiger partial charge in [0.05, 0.1) is 6.33 Å². The minimum absolute atomic E-state index is 0.133. The molecule has 0 aromatic carbocycles. The van der Waals surface area contributed by atoms with Crippen molar-refractivity contribution in [2.45, 2.75) is 13.8 Å². The molecule has 0 bridgehead atoms. The van der Waals surface area contributed by atoms with Crippen molar-refractivity contribution in [3.05, 3.63) is 21.7 Å². The molecule has 1 rings (SSSR count). The number of aromatic amines is 1. The fourth-order valence-electron chi connectivity index (χ4n) is 1.41. The van der Waals surface area contributed by atoms with E-state index in [0.29, 0.717) is 18.3 Å². The van der Waals surface area contributed by atoms with Crippen LogP contribution in [0.5, 0.6) is 0 Å². The van der Waals surface area contributed by atoms with Gasteiger partial charge in [0.15, 0.2) is 5.82 Å². The number of aromatic nitrogens is 2. The minimum atomic E-state index is -0.314. The number of nitrogens with two attached hydrogens (primary N) is 1. The molecule has 90 valence electrons. The smallest absolute Gasteiger partial charge is 0.271 e. The first-order chi connectivity index (χ1) is 7.60. The van der Waals surface area contributed by atoms with Gasteiger partial charge in [-0.15, -0.1) is 0 Å². The highest BCUT2D eigenvalue weighted by molar-refractivity contribution is 6.32. The van der Waals surface area contributed by atoms with Crippen molar-refractivity contribution in [1.82, 2.24) is 9.97 Å². The molecule has 0 spiro atoms. The van der Waals surface area contributed by atoms with Gasteiger partial charge in [-0.3, -0.25) is 4.79 Å². The molecular formula is C10H17ClN4O. The number of rotatable bonds is 5. The summed E-state index contributed by atoms with van der Waals surface area (Å²) >= 11 is 5.91. The number of H-pyrrole nitrogens is 1. The first kappa shape index (κ1) is 13.0. The third-order valence-corrected chi connectivity index (χ3v) is 2.73. The van der Waals surface area contributed by atoms with Crippen LogP contribution in [0.1, 0.15) is 13.8 Å². The molecule has 1 aromatic heterocycles. The second-order valence-electron chi connectivity index (χ2n) is 3.75. The van der Waals surface area contributed by atoms with Crippen LogP contribution in [0.3, 0.4) is 0 Å². The number of hydrogen-bond donors (Lipinski definition) is 2. The Labute approximate surface area is 99.6 Å². The third-order valence-electron chi connectivity index (χ3n) is 2.39. The molecule has 1 atom stereocenters. The standard InChI is InChI=1S/C10H17ClN4O/c1-3-15(5-7(2)4-12)9-8(11)10(16)14-6-13-9/h6-7H,3-5,12H2,1-2H3,(H,13,14,16). The van der Waals surface area contributed by atoms with E-state index in [-0.39, 0.29) is 10.6 Å². The van der Waals surface area contributed by atoms with Crippen LogP contribution in [0.25, 0.3) is 0 Å². The van der Waals surface area contributed by atoms with E-state index >= 15 is 0 Å². The van der Waals surface area contributed by atoms with Crippen LogP contribution >= 0.6 is 11.6 Å². The average Bonchev–Trinajstić information content (AvgIpc) is 2.29. The number of anilines is 1. The maximum atomic E-state index is 11.3. The van der Waals surface area contributed by atoms with E-state index in [1.165, 1.54) is 6.33 Å². The first-order valence-corrected chi connectivity index (χ1v) is 5.66. The van der Waals surface area contributed by atoms with E-state index in [0.717, 1.165) is 13.1 Å². The molecule has 0 aliphatic rings. The lowest BCUT2D eigenvalue weighted by Gasteiger charge is -2.25. The van der Waals surface area contributed by atoms with E-state index < -0.39 is 0 Å². The molecule has 0 aliphatic carbocycles. The molecule has 0 saturated carbocycles. The molecule has 0 saturated heterocycles. The highest BCUT2D eigenvalue weighted by atomic mass is 35.5. The zero-order valence-corrected chi connectivity index (χ0v) is 10.3. The topological polar surface area (TPSA) is 75.0 Å². The fraction of sp³-hybridized carbons (Fsp3) is 0.600. The molecule has 1 unspecified atom stereocenters. The molecule has 1 heterocycles. The van der Waals surface area contributed by atoms with Crippen LogP contribution in [0.4, 0.5) is 5.82 Å². The number of nitrogens with zero attached hydrogens (tertiary/aromatic N) is 2. The summed E-state index contributed by atoms with van der Waals surface area (Å²) in [6.07, 6.45) is 1.36. The first-order valence-electron chi connectivity index (χ1n) is 5.28. The van der Waals surface area contributed by atoms with Gasteiger partial charge in [0.2, 0.25) is 0 Å². The molecule has 0 fully saturated rings. The van der Waals surface area contributed by atoms with Gasteiger partial charge in [0, 0.05) is 13.1 Å². The molecular weight excluding hydrogens is 228 g/mol. The van der Waals surface area contributed by atoms with Crippen molar-refractivity contribution in [2.75, 3.05) is 24.5 Å². The summed E-state index contributed by atoms with van der Waals surface area (Å²) in [6.45, 7) is 6.10. The monoisotopic (exact) mass is 244 g/mol. The van der Waals surface area contributed by atoms with Crippen molar-refractivity contribution in [2.24, 2.45) is 11.7 Å². The summed E-state index contributed by atoms with van der Waals surface area (Å²) in [7, 11) is 0. The predicted molar refractivity (Wildman–Crippen MR) is 66.0 cm³/mol. The molecule has 0 aliphatic heterocycles. The Bertz CT molecular complexity index is 393. The van der Waals surface area contributed by atoms with Gasteiger partial charge >= 0.3 is 0 Å². The summed E-state index contributed by atoms with van der Waals surface area (Å²) in [6, 6.07) is 0. The normalized spacial score (nSPS) is 12.5. The van der Waals surface area contributed by atoms with Crippen molar-refractivity contribution in [3.63, 3.8) is 0 Å². The van der Waals surface area contributed by atoms with Gasteiger partial charge in [-0.25, -0.2) is 4.98 Å². The van der Waals surface area contributed by atoms with Crippen molar-refractivity contribution >= 4 is 17.4 Å². The van der Waals surface area contributed by atoms with E-state index in [1.807, 2.05) is 18.7 Å². The highest BCUT2D eigenvalue weighted by Crippen LogP contribution is 2.18. The van der Waals surface area contributed by atoms with Gasteiger partial charge in [-0.1, -0.05) is 18.5 Å². The fourth-order valence-corrected chi connectivity index (χ4v) is 1.63. The van der Waals surface area contributed by atoms with Crippen molar-refractivity contribution in [3.8, 4) is 0 Å². The zero-order chi connectivity index (χ0) is 12.1. The van der Waals surface area contributed by atoms with Crippen LogP contribution in [-0.2, 0) is 0 Å². The summed E-state index contributed by atoms with van der Waals surface area (Å²) in [5, 5.41) is 0.133. The number of hydrogen-bond acceptors (Lipinski definition) is 4. The quantitative estimate of drug-likeness (QED) is 0.805. The Kier molecular flexibility index (Phi) is 4.76. The van der Waals surface area contributed by atoms with Crippen molar-refractivity contribution in [1.29, 1.82) is 0 Å². The van der Waals surface area contributed by atoms with Gasteiger partial charge < -0.3 is 15.6 Å². The van der Waals surface area contributed by atoms with Crippen molar-refractivity contribution < 1.29 is 0 Å². The number of nitrogens with one attached hydrogen (secondary N) is 1. The second kappa shape index (κ2) is 5.86. The molecule has 16 heavy (non-hydrogen) atoms. The SMILES string of the molecule is CCN(CC(C)CN)c1nc[nH]c(=O)c1Cl. The molecule has 0 radical (unpaired) electrons. The van der Waals surface area contributed by atoms with Gasteiger partial charge in [0.25, 0.3) is 5.56 Å². The Hall–Kier alpha value is -1.07. The Balaban J connectivity index is 2.95. The Morgan fingerprint density at radius 3 is 2.94 bits per heavy atom. The third kappa shape index (κ3) is 2.96. The second-order valence-corrected chi connectivity index (χ2v) is 4.13. The lowest BCUT2D eigenvalue weighted by atomic mass is 10.1. The summed E-state index contributed by atoms with van der Waals surface area (Å²) < 4.78 is 0. The molecule has 3 N–H and O–H groups in total. The molecule has 0 amide bonds. The maximum absolute atomic E-state index is 11.3. The van der Waals surface area contributed by atoms with Crippen LogP contribution in [-0.4, -0.2) is 29.6 Å². The lowest BCUT2D eigenvalue weighted by Crippen LogP contribution is -2.33. The van der Waals surface area contributed by atoms with Gasteiger partial charge in [0.1, 0.15) is 5.02 Å². The maximum Gasteiger partial charge on any atom is 0.271 e. The van der Waals surface area contributed by atoms with Crippen LogP contribution in [0.15, 0.2) is 11.1 Å². The summed E-state index contributed by atoms with van der Waals surface area (Å²) in [5.74, 6) is 0.852. The predicted octanol–water partition coefficient (Wildman–Crippen LogP) is 0.844. The van der Waals surface area contributed by atoms with E-state index in [2.05, 4.69) is 9.97 Å². The van der Waals surface area contributed by atoms with E-state index in [9.17, 15) is 4.79 Å². The summed E-state index contributed by atoms with van der Waals surface area (Å²) in [4.78, 5) is 19.8. The zero-order valence-electron chi connectivity index (χ0n) is 9.53. The Morgan fingerprint density at radius 1 is 1.69 bits per heavy atom. The number of halogens is 1. The molecule has 6 heteroatoms.